The molecule has 5 atom stereocenters. The highest BCUT2D eigenvalue weighted by atomic mass is 16.7. The van der Waals surface area contributed by atoms with Gasteiger partial charge in [0.05, 0.1) is 19.6 Å². The second-order valence-electron chi connectivity index (χ2n) is 8.29. The number of nitrogens with one attached hydrogen (secondary N) is 1. The molecular weight excluding hydrogens is 538 g/mol. The smallest absolute Gasteiger partial charge is 0.329 e. The summed E-state index contributed by atoms with van der Waals surface area (Å²) in [7, 11) is 0. The van der Waals surface area contributed by atoms with Crippen molar-refractivity contribution >= 4 is 35.8 Å². The van der Waals surface area contributed by atoms with E-state index in [0.717, 1.165) is 37.7 Å². The van der Waals surface area contributed by atoms with E-state index >= 15 is 0 Å². The molecule has 1 unspecified atom stereocenters. The molecule has 1 aliphatic rings. The van der Waals surface area contributed by atoms with Gasteiger partial charge in [0.15, 0.2) is 24.1 Å². The minimum atomic E-state index is -1.49. The lowest BCUT2D eigenvalue weighted by Gasteiger charge is -2.24. The van der Waals surface area contributed by atoms with Crippen LogP contribution in [0.4, 0.5) is 0 Å². The number of esters is 5. The summed E-state index contributed by atoms with van der Waals surface area (Å²) in [5, 5.41) is 2.24. The minimum absolute atomic E-state index is 0.0327. The number of ether oxygens (including phenoxy) is 6. The van der Waals surface area contributed by atoms with Crippen molar-refractivity contribution < 1.29 is 57.2 Å². The van der Waals surface area contributed by atoms with Crippen LogP contribution in [0.5, 0.6) is 0 Å². The van der Waals surface area contributed by atoms with Gasteiger partial charge in [0.1, 0.15) is 18.8 Å². The highest BCUT2D eigenvalue weighted by molar-refractivity contribution is 5.96. The second-order valence-corrected chi connectivity index (χ2v) is 8.29. The van der Waals surface area contributed by atoms with Crippen LogP contribution in [0.25, 0.3) is 0 Å². The van der Waals surface area contributed by atoms with E-state index < -0.39 is 90.6 Å². The van der Waals surface area contributed by atoms with Gasteiger partial charge in [-0.05, 0) is 13.8 Å². The topological polar surface area (TPSA) is 205 Å². The van der Waals surface area contributed by atoms with Crippen molar-refractivity contribution in [3.63, 3.8) is 0 Å². The summed E-state index contributed by atoms with van der Waals surface area (Å²) >= 11 is 0. The number of hydrogen-bond acceptors (Lipinski definition) is 14. The maximum absolute atomic E-state index is 13.4. The molecule has 16 nitrogen and oxygen atoms in total. The van der Waals surface area contributed by atoms with Crippen LogP contribution in [-0.4, -0.2) is 89.5 Å². The molecule has 1 aliphatic heterocycles. The average Bonchev–Trinajstić information content (AvgIpc) is 3.18. The molecule has 0 bridgehead atoms. The lowest BCUT2D eigenvalue weighted by Crippen LogP contribution is -2.46. The summed E-state index contributed by atoms with van der Waals surface area (Å²) in [4.78, 5) is 89.4. The van der Waals surface area contributed by atoms with Gasteiger partial charge in [-0.3, -0.25) is 33.3 Å². The highest BCUT2D eigenvalue weighted by Gasteiger charge is 2.51. The fourth-order valence-corrected chi connectivity index (χ4v) is 3.75. The molecular formula is C24H31N3O13. The SMILES string of the molecule is CCOC(=O)C[C@H](NC(=O)c1nccn([C@@H]2O[C@H](COC(C)=O)[C@@H](OC(C)=O)C2OC(C)=O)c1=O)C(=O)OCC. The third-order valence-electron chi connectivity index (χ3n) is 5.25. The van der Waals surface area contributed by atoms with E-state index in [-0.39, 0.29) is 13.2 Å². The predicted octanol–water partition coefficient (Wildman–Crippen LogP) is -0.818. The molecule has 1 aromatic rings. The minimum Gasteiger partial charge on any atom is -0.466 e. The van der Waals surface area contributed by atoms with E-state index in [0.29, 0.717) is 0 Å². The van der Waals surface area contributed by atoms with Gasteiger partial charge in [-0.15, -0.1) is 0 Å². The first kappa shape index (κ1) is 31.9. The van der Waals surface area contributed by atoms with Crippen LogP contribution in [0, 0.1) is 0 Å². The molecule has 1 amide bonds. The summed E-state index contributed by atoms with van der Waals surface area (Å²) in [5.41, 5.74) is -1.76. The Bertz CT molecular complexity index is 1180. The van der Waals surface area contributed by atoms with Gasteiger partial charge in [-0.2, -0.15) is 0 Å². The summed E-state index contributed by atoms with van der Waals surface area (Å²) in [6.07, 6.45) is -3.67. The number of hydrogen-bond donors (Lipinski definition) is 1. The van der Waals surface area contributed by atoms with Gasteiger partial charge in [0, 0.05) is 33.2 Å². The van der Waals surface area contributed by atoms with Gasteiger partial charge in [-0.1, -0.05) is 0 Å². The van der Waals surface area contributed by atoms with Gasteiger partial charge in [-0.25, -0.2) is 9.78 Å². The molecule has 0 aromatic carbocycles. The van der Waals surface area contributed by atoms with Gasteiger partial charge in [0.2, 0.25) is 0 Å². The Balaban J connectivity index is 2.44. The quantitative estimate of drug-likeness (QED) is 0.241. The number of aromatic nitrogens is 2. The van der Waals surface area contributed by atoms with Crippen LogP contribution >= 0.6 is 0 Å². The Kier molecular flexibility index (Phi) is 11.7. The summed E-state index contributed by atoms with van der Waals surface area (Å²) < 4.78 is 31.9. The van der Waals surface area contributed by atoms with E-state index in [4.69, 9.17) is 28.4 Å². The first-order chi connectivity index (χ1) is 18.9. The molecule has 1 N–H and O–H groups in total. The molecule has 1 fully saturated rings. The zero-order valence-corrected chi connectivity index (χ0v) is 22.6. The molecule has 220 valence electrons. The second kappa shape index (κ2) is 14.7. The number of carbonyl (C=O) groups excluding carboxylic acids is 6. The van der Waals surface area contributed by atoms with Gasteiger partial charge < -0.3 is 33.7 Å². The lowest BCUT2D eigenvalue weighted by molar-refractivity contribution is -0.166. The molecule has 2 heterocycles. The first-order valence-electron chi connectivity index (χ1n) is 12.2. The average molecular weight is 570 g/mol. The Morgan fingerprint density at radius 1 is 0.950 bits per heavy atom. The van der Waals surface area contributed by atoms with E-state index in [1.807, 2.05) is 0 Å². The van der Waals surface area contributed by atoms with Crippen molar-refractivity contribution in [2.75, 3.05) is 19.8 Å². The van der Waals surface area contributed by atoms with E-state index in [1.54, 1.807) is 6.92 Å². The third-order valence-corrected chi connectivity index (χ3v) is 5.25. The molecule has 40 heavy (non-hydrogen) atoms. The zero-order chi connectivity index (χ0) is 30.0. The van der Waals surface area contributed by atoms with Crippen molar-refractivity contribution in [3.05, 3.63) is 28.4 Å². The number of amides is 1. The normalized spacial score (nSPS) is 20.5. The van der Waals surface area contributed by atoms with Crippen molar-refractivity contribution in [2.45, 2.75) is 71.6 Å². The van der Waals surface area contributed by atoms with E-state index in [2.05, 4.69) is 10.3 Å². The molecule has 0 aliphatic carbocycles. The molecule has 0 radical (unpaired) electrons. The van der Waals surface area contributed by atoms with Crippen LogP contribution in [-0.2, 0) is 52.4 Å². The first-order valence-corrected chi connectivity index (χ1v) is 12.2. The Morgan fingerprint density at radius 2 is 1.57 bits per heavy atom. The summed E-state index contributed by atoms with van der Waals surface area (Å²) in [5.74, 6) is -5.11. The highest BCUT2D eigenvalue weighted by Crippen LogP contribution is 2.33. The standard InChI is InChI=1S/C24H31N3O13/c1-6-35-17(31)10-15(24(34)36-7-2)26-21(32)18-22(33)27(9-8-25-18)23-20(39-14(5)30)19(38-13(4)29)16(40-23)11-37-12(3)28/h8-9,15-16,19-20,23H,6-7,10-11H2,1-5H3,(H,26,32)/t15-,16+,19+,20?,23+/m0/s1. The number of nitrogens with zero attached hydrogens (tertiary/aromatic N) is 2. The number of carbonyl (C=O) groups is 6. The number of rotatable bonds is 12. The maximum atomic E-state index is 13.4. The molecule has 0 saturated carbocycles. The third kappa shape index (κ3) is 8.59. The largest absolute Gasteiger partial charge is 0.466 e. The predicted molar refractivity (Wildman–Crippen MR) is 129 cm³/mol. The molecule has 1 aromatic heterocycles. The van der Waals surface area contributed by atoms with Crippen molar-refractivity contribution in [1.29, 1.82) is 0 Å². The fourth-order valence-electron chi connectivity index (χ4n) is 3.75. The van der Waals surface area contributed by atoms with Crippen LogP contribution in [0.15, 0.2) is 17.2 Å². The van der Waals surface area contributed by atoms with Gasteiger partial charge >= 0.3 is 29.8 Å². The zero-order valence-electron chi connectivity index (χ0n) is 22.6. The maximum Gasteiger partial charge on any atom is 0.329 e. The Morgan fingerprint density at radius 3 is 2.15 bits per heavy atom. The monoisotopic (exact) mass is 569 g/mol. The van der Waals surface area contributed by atoms with Gasteiger partial charge in [0.25, 0.3) is 11.5 Å². The Hall–Kier alpha value is -4.34. The Labute approximate surface area is 228 Å². The van der Waals surface area contributed by atoms with E-state index in [1.165, 1.54) is 6.92 Å². The van der Waals surface area contributed by atoms with Crippen molar-refractivity contribution in [3.8, 4) is 0 Å². The van der Waals surface area contributed by atoms with Crippen LogP contribution in [0.1, 0.15) is 57.8 Å². The molecule has 2 rings (SSSR count). The molecule has 0 spiro atoms. The molecule has 1 saturated heterocycles. The molecule has 16 heteroatoms. The van der Waals surface area contributed by atoms with Crippen LogP contribution < -0.4 is 10.9 Å². The summed E-state index contributed by atoms with van der Waals surface area (Å²) in [6.45, 7) is 5.97. The van der Waals surface area contributed by atoms with E-state index in [9.17, 15) is 33.6 Å². The summed E-state index contributed by atoms with van der Waals surface area (Å²) in [6, 6.07) is -1.49. The fraction of sp³-hybridized carbons (Fsp3) is 0.583. The van der Waals surface area contributed by atoms with Crippen molar-refractivity contribution in [1.82, 2.24) is 14.9 Å². The van der Waals surface area contributed by atoms with Crippen LogP contribution in [0.2, 0.25) is 0 Å². The van der Waals surface area contributed by atoms with Crippen LogP contribution in [0.3, 0.4) is 0 Å². The van der Waals surface area contributed by atoms with Crippen molar-refractivity contribution in [2.24, 2.45) is 0 Å². The lowest BCUT2D eigenvalue weighted by atomic mass is 10.1.